The molecular formula is C11H10N2O3. The van der Waals surface area contributed by atoms with Crippen LogP contribution in [0.15, 0.2) is 30.3 Å². The summed E-state index contributed by atoms with van der Waals surface area (Å²) in [4.78, 5) is 22.6. The van der Waals surface area contributed by atoms with Gasteiger partial charge in [-0.05, 0) is 12.1 Å². The Hall–Kier alpha value is -2.35. The lowest BCUT2D eigenvalue weighted by Gasteiger charge is -2.08. The number of nitrogens with one attached hydrogen (secondary N) is 1. The minimum Gasteiger partial charge on any atom is -0.467 e. The third-order valence-corrected chi connectivity index (χ3v) is 1.88. The van der Waals surface area contributed by atoms with E-state index in [2.05, 4.69) is 10.1 Å². The van der Waals surface area contributed by atoms with Crippen LogP contribution in [0.3, 0.4) is 0 Å². The van der Waals surface area contributed by atoms with Crippen LogP contribution in [0.4, 0.5) is 0 Å². The number of esters is 1. The third kappa shape index (κ3) is 2.82. The standard InChI is InChI=1S/C11H10N2O3/c1-16-11(15)9(7-12)13-10(14)8-5-3-2-4-6-8/h2-6,9H,1H3,(H,13,14)/t9-/m1/s1. The molecule has 82 valence electrons. The summed E-state index contributed by atoms with van der Waals surface area (Å²) in [7, 11) is 1.15. The van der Waals surface area contributed by atoms with E-state index < -0.39 is 17.9 Å². The molecule has 5 heteroatoms. The predicted octanol–water partition coefficient (Wildman–Crippen LogP) is 0.482. The quantitative estimate of drug-likeness (QED) is 0.748. The van der Waals surface area contributed by atoms with Gasteiger partial charge in [0.05, 0.1) is 13.2 Å². The lowest BCUT2D eigenvalue weighted by molar-refractivity contribution is -0.141. The van der Waals surface area contributed by atoms with Crippen LogP contribution in [-0.2, 0) is 9.53 Å². The van der Waals surface area contributed by atoms with Crippen molar-refractivity contribution in [2.24, 2.45) is 0 Å². The van der Waals surface area contributed by atoms with E-state index in [0.29, 0.717) is 5.56 Å². The lowest BCUT2D eigenvalue weighted by atomic mass is 10.2. The minimum atomic E-state index is -1.28. The Balaban J connectivity index is 2.71. The number of ether oxygens (including phenoxy) is 1. The highest BCUT2D eigenvalue weighted by molar-refractivity contribution is 5.97. The Morgan fingerprint density at radius 2 is 2.00 bits per heavy atom. The van der Waals surface area contributed by atoms with Crippen LogP contribution in [0.1, 0.15) is 10.4 Å². The molecule has 1 N–H and O–H groups in total. The summed E-state index contributed by atoms with van der Waals surface area (Å²) in [5, 5.41) is 10.9. The van der Waals surface area contributed by atoms with Crippen molar-refractivity contribution in [1.29, 1.82) is 5.26 Å². The molecule has 0 spiro atoms. The first-order chi connectivity index (χ1) is 7.69. The Kier molecular flexibility index (Phi) is 4.04. The van der Waals surface area contributed by atoms with Crippen molar-refractivity contribution < 1.29 is 14.3 Å². The van der Waals surface area contributed by atoms with Gasteiger partial charge in [-0.2, -0.15) is 5.26 Å². The number of hydrogen-bond donors (Lipinski definition) is 1. The van der Waals surface area contributed by atoms with Gasteiger partial charge in [-0.3, -0.25) is 4.79 Å². The number of carbonyl (C=O) groups is 2. The Labute approximate surface area is 92.6 Å². The van der Waals surface area contributed by atoms with Crippen molar-refractivity contribution in [1.82, 2.24) is 5.32 Å². The maximum absolute atomic E-state index is 11.6. The van der Waals surface area contributed by atoms with E-state index in [-0.39, 0.29) is 0 Å². The zero-order valence-electron chi connectivity index (χ0n) is 8.64. The number of nitrogens with zero attached hydrogens (tertiary/aromatic N) is 1. The van der Waals surface area contributed by atoms with Gasteiger partial charge < -0.3 is 10.1 Å². The second-order valence-electron chi connectivity index (χ2n) is 2.92. The molecule has 1 amide bonds. The number of nitriles is 1. The van der Waals surface area contributed by atoms with Crippen LogP contribution < -0.4 is 5.32 Å². The maximum Gasteiger partial charge on any atom is 0.343 e. The molecule has 0 aliphatic heterocycles. The molecule has 0 aliphatic rings. The molecule has 0 bridgehead atoms. The summed E-state index contributed by atoms with van der Waals surface area (Å²) in [6, 6.07) is 8.68. The van der Waals surface area contributed by atoms with Gasteiger partial charge in [0.15, 0.2) is 0 Å². The molecule has 1 rings (SSSR count). The molecule has 0 saturated heterocycles. The SMILES string of the molecule is COC(=O)[C@@H](C#N)NC(=O)c1ccccc1. The van der Waals surface area contributed by atoms with E-state index in [4.69, 9.17) is 5.26 Å². The predicted molar refractivity (Wildman–Crippen MR) is 55.3 cm³/mol. The van der Waals surface area contributed by atoms with E-state index in [1.807, 2.05) is 0 Å². The van der Waals surface area contributed by atoms with E-state index in [0.717, 1.165) is 7.11 Å². The number of carbonyl (C=O) groups excluding carboxylic acids is 2. The molecule has 0 heterocycles. The Morgan fingerprint density at radius 3 is 2.50 bits per heavy atom. The highest BCUT2D eigenvalue weighted by Crippen LogP contribution is 1.99. The molecule has 16 heavy (non-hydrogen) atoms. The summed E-state index contributed by atoms with van der Waals surface area (Å²) in [6.07, 6.45) is 0. The number of hydrogen-bond acceptors (Lipinski definition) is 4. The fraction of sp³-hybridized carbons (Fsp3) is 0.182. The third-order valence-electron chi connectivity index (χ3n) is 1.88. The van der Waals surface area contributed by atoms with Crippen LogP contribution in [0.5, 0.6) is 0 Å². The molecule has 0 unspecified atom stereocenters. The number of rotatable bonds is 3. The summed E-state index contributed by atoms with van der Waals surface area (Å²) in [6.45, 7) is 0. The largest absolute Gasteiger partial charge is 0.467 e. The van der Waals surface area contributed by atoms with Gasteiger partial charge in [0, 0.05) is 5.56 Å². The van der Waals surface area contributed by atoms with Crippen LogP contribution in [0, 0.1) is 11.3 Å². The van der Waals surface area contributed by atoms with Crippen LogP contribution in [-0.4, -0.2) is 25.0 Å². The lowest BCUT2D eigenvalue weighted by Crippen LogP contribution is -2.40. The number of benzene rings is 1. The molecule has 0 fully saturated rings. The average molecular weight is 218 g/mol. The molecule has 1 aromatic carbocycles. The second-order valence-corrected chi connectivity index (χ2v) is 2.92. The second kappa shape index (κ2) is 5.51. The van der Waals surface area contributed by atoms with Crippen molar-refractivity contribution in [2.45, 2.75) is 6.04 Å². The van der Waals surface area contributed by atoms with Crippen LogP contribution >= 0.6 is 0 Å². The molecule has 0 saturated carbocycles. The van der Waals surface area contributed by atoms with Gasteiger partial charge in [-0.15, -0.1) is 0 Å². The van der Waals surface area contributed by atoms with Crippen LogP contribution in [0.25, 0.3) is 0 Å². The zero-order chi connectivity index (χ0) is 12.0. The summed E-state index contributed by atoms with van der Waals surface area (Å²) in [5.41, 5.74) is 0.381. The van der Waals surface area contributed by atoms with Gasteiger partial charge >= 0.3 is 5.97 Å². The first-order valence-corrected chi connectivity index (χ1v) is 4.52. The van der Waals surface area contributed by atoms with Gasteiger partial charge in [0.2, 0.25) is 6.04 Å². The number of methoxy groups -OCH3 is 1. The van der Waals surface area contributed by atoms with Crippen LogP contribution in [0.2, 0.25) is 0 Å². The molecule has 0 radical (unpaired) electrons. The summed E-state index contributed by atoms with van der Waals surface area (Å²) in [5.74, 6) is -1.27. The first-order valence-electron chi connectivity index (χ1n) is 4.52. The molecule has 1 aromatic rings. The van der Waals surface area contributed by atoms with Crippen molar-refractivity contribution in [2.75, 3.05) is 7.11 Å². The molecule has 1 atom stereocenters. The summed E-state index contributed by atoms with van der Waals surface area (Å²) >= 11 is 0. The number of amides is 1. The van der Waals surface area contributed by atoms with E-state index in [1.165, 1.54) is 0 Å². The van der Waals surface area contributed by atoms with E-state index in [9.17, 15) is 9.59 Å². The normalized spacial score (nSPS) is 11.0. The van der Waals surface area contributed by atoms with Gasteiger partial charge in [-0.25, -0.2) is 4.79 Å². The topological polar surface area (TPSA) is 79.2 Å². The van der Waals surface area contributed by atoms with Gasteiger partial charge in [0.1, 0.15) is 0 Å². The minimum absolute atomic E-state index is 0.381. The summed E-state index contributed by atoms with van der Waals surface area (Å²) < 4.78 is 4.36. The fourth-order valence-electron chi connectivity index (χ4n) is 1.07. The monoisotopic (exact) mass is 218 g/mol. The zero-order valence-corrected chi connectivity index (χ0v) is 8.64. The van der Waals surface area contributed by atoms with E-state index in [1.54, 1.807) is 36.4 Å². The smallest absolute Gasteiger partial charge is 0.343 e. The Morgan fingerprint density at radius 1 is 1.38 bits per heavy atom. The van der Waals surface area contributed by atoms with Gasteiger partial charge in [-0.1, -0.05) is 18.2 Å². The highest BCUT2D eigenvalue weighted by Gasteiger charge is 2.21. The van der Waals surface area contributed by atoms with Crippen molar-refractivity contribution >= 4 is 11.9 Å². The highest BCUT2D eigenvalue weighted by atomic mass is 16.5. The van der Waals surface area contributed by atoms with Crippen molar-refractivity contribution in [3.05, 3.63) is 35.9 Å². The maximum atomic E-state index is 11.6. The Bertz CT molecular complexity index is 423. The first kappa shape index (κ1) is 11.7. The molecule has 0 aromatic heterocycles. The molecular weight excluding hydrogens is 208 g/mol. The molecule has 0 aliphatic carbocycles. The fourth-order valence-corrected chi connectivity index (χ4v) is 1.07. The van der Waals surface area contributed by atoms with E-state index >= 15 is 0 Å². The van der Waals surface area contributed by atoms with Gasteiger partial charge in [0.25, 0.3) is 5.91 Å². The van der Waals surface area contributed by atoms with Crippen molar-refractivity contribution in [3.63, 3.8) is 0 Å². The molecule has 5 nitrogen and oxygen atoms in total. The average Bonchev–Trinajstić information content (AvgIpc) is 2.35. The van der Waals surface area contributed by atoms with Crippen molar-refractivity contribution in [3.8, 4) is 6.07 Å².